The number of fused-ring (bicyclic) bond motifs is 1. The Morgan fingerprint density at radius 3 is 2.65 bits per heavy atom. The number of nitrogens with two attached hydrogens (primary N) is 1. The number of carbonyl (C=O) groups is 1. The van der Waals surface area contributed by atoms with Crippen LogP contribution >= 0.6 is 0 Å². The molecule has 1 heterocycles. The SMILES string of the molecule is CCCCCC(C)CCCCN(C)CCN(C=O)C1=CC(C)=C(/C=C(\N)c2n[nH]c3c2CCC(C)(C)C3)CC=C1. The van der Waals surface area contributed by atoms with Gasteiger partial charge in [-0.2, -0.15) is 5.10 Å². The number of aromatic amines is 1. The summed E-state index contributed by atoms with van der Waals surface area (Å²) in [6.07, 6.45) is 22.5. The molecule has 222 valence electrons. The van der Waals surface area contributed by atoms with E-state index in [-0.39, 0.29) is 0 Å². The Balaban J connectivity index is 1.55. The average Bonchev–Trinajstić information content (AvgIpc) is 3.23. The normalized spacial score (nSPS) is 18.0. The molecule has 1 unspecified atom stereocenters. The van der Waals surface area contributed by atoms with Crippen LogP contribution in [0.3, 0.4) is 0 Å². The minimum Gasteiger partial charge on any atom is -0.397 e. The summed E-state index contributed by atoms with van der Waals surface area (Å²) in [5, 5.41) is 7.83. The van der Waals surface area contributed by atoms with Gasteiger partial charge in [-0.15, -0.1) is 0 Å². The van der Waals surface area contributed by atoms with Crippen LogP contribution in [0.5, 0.6) is 0 Å². The van der Waals surface area contributed by atoms with Crippen molar-refractivity contribution in [3.63, 3.8) is 0 Å². The van der Waals surface area contributed by atoms with E-state index in [1.807, 2.05) is 4.90 Å². The van der Waals surface area contributed by atoms with Gasteiger partial charge in [0, 0.05) is 30.0 Å². The average molecular weight is 550 g/mol. The third kappa shape index (κ3) is 9.50. The molecule has 0 saturated carbocycles. The van der Waals surface area contributed by atoms with E-state index in [0.717, 1.165) is 73.6 Å². The van der Waals surface area contributed by atoms with E-state index in [1.165, 1.54) is 56.2 Å². The van der Waals surface area contributed by atoms with Gasteiger partial charge in [-0.1, -0.05) is 72.3 Å². The molecule has 1 aromatic rings. The predicted molar refractivity (Wildman–Crippen MR) is 169 cm³/mol. The maximum absolute atomic E-state index is 12.0. The molecule has 0 bridgehead atoms. The standard InChI is InChI=1S/C34H55N5O/c1-7-8-9-13-26(2)14-10-11-19-38(6)20-21-39(25-40)29-16-12-15-28(27(3)22-29)23-31(35)33-30-17-18-34(4,5)24-32(30)36-37-33/h12,16,22-23,25-26H,7-11,13-15,17-21,24,35H2,1-6H3,(H,36,37)/b31-23-. The van der Waals surface area contributed by atoms with E-state index in [1.54, 1.807) is 0 Å². The van der Waals surface area contributed by atoms with Crippen LogP contribution < -0.4 is 5.73 Å². The molecule has 0 saturated heterocycles. The Bertz CT molecular complexity index is 1090. The molecule has 6 heteroatoms. The molecule has 3 rings (SSSR count). The zero-order valence-corrected chi connectivity index (χ0v) is 26.2. The maximum Gasteiger partial charge on any atom is 0.214 e. The molecule has 6 nitrogen and oxygen atoms in total. The fourth-order valence-electron chi connectivity index (χ4n) is 5.92. The number of unbranched alkanes of at least 4 members (excludes halogenated alkanes) is 3. The number of carbonyl (C=O) groups excluding carboxylic acids is 1. The van der Waals surface area contributed by atoms with Crippen molar-refractivity contribution in [3.8, 4) is 0 Å². The molecule has 1 aromatic heterocycles. The number of hydrogen-bond acceptors (Lipinski definition) is 4. The molecular formula is C34H55N5O. The molecule has 1 atom stereocenters. The zero-order valence-electron chi connectivity index (χ0n) is 26.2. The quantitative estimate of drug-likeness (QED) is 0.169. The Labute approximate surface area is 243 Å². The maximum atomic E-state index is 12.0. The lowest BCUT2D eigenvalue weighted by Gasteiger charge is -2.29. The first kappa shape index (κ1) is 31.9. The van der Waals surface area contributed by atoms with Crippen LogP contribution in [-0.4, -0.2) is 53.1 Å². The van der Waals surface area contributed by atoms with E-state index in [0.29, 0.717) is 17.7 Å². The summed E-state index contributed by atoms with van der Waals surface area (Å²) in [5.74, 6) is 0.833. The highest BCUT2D eigenvalue weighted by Crippen LogP contribution is 2.36. The Kier molecular flexibility index (Phi) is 12.3. The van der Waals surface area contributed by atoms with E-state index in [9.17, 15) is 4.79 Å². The van der Waals surface area contributed by atoms with E-state index in [4.69, 9.17) is 5.73 Å². The van der Waals surface area contributed by atoms with Gasteiger partial charge < -0.3 is 15.5 Å². The summed E-state index contributed by atoms with van der Waals surface area (Å²) >= 11 is 0. The van der Waals surface area contributed by atoms with Gasteiger partial charge in [0.25, 0.3) is 0 Å². The summed E-state index contributed by atoms with van der Waals surface area (Å²) in [6.45, 7) is 14.0. The van der Waals surface area contributed by atoms with Gasteiger partial charge in [0.2, 0.25) is 6.41 Å². The largest absolute Gasteiger partial charge is 0.397 e. The molecule has 0 fully saturated rings. The number of aromatic nitrogens is 2. The predicted octanol–water partition coefficient (Wildman–Crippen LogP) is 7.16. The minimum absolute atomic E-state index is 0.299. The van der Waals surface area contributed by atoms with Crippen LogP contribution in [0.15, 0.2) is 41.1 Å². The Morgan fingerprint density at radius 2 is 1.93 bits per heavy atom. The molecule has 1 amide bonds. The number of H-pyrrole nitrogens is 1. The van der Waals surface area contributed by atoms with Crippen molar-refractivity contribution in [2.45, 2.75) is 105 Å². The number of likely N-dealkylation sites (N-methyl/N-ethyl adjacent to an activating group) is 1. The fraction of sp³-hybridized carbons (Fsp3) is 0.647. The number of amides is 1. The first-order chi connectivity index (χ1) is 19.1. The first-order valence-electron chi connectivity index (χ1n) is 15.7. The fourth-order valence-corrected chi connectivity index (χ4v) is 5.92. The van der Waals surface area contributed by atoms with Crippen molar-refractivity contribution >= 4 is 12.1 Å². The molecule has 0 radical (unpaired) electrons. The Hall–Kier alpha value is -2.60. The van der Waals surface area contributed by atoms with E-state index < -0.39 is 0 Å². The number of allylic oxidation sites excluding steroid dienone is 6. The van der Waals surface area contributed by atoms with Crippen LogP contribution in [-0.2, 0) is 17.6 Å². The lowest BCUT2D eigenvalue weighted by molar-refractivity contribution is -0.116. The Morgan fingerprint density at radius 1 is 1.18 bits per heavy atom. The van der Waals surface area contributed by atoms with E-state index >= 15 is 0 Å². The first-order valence-corrected chi connectivity index (χ1v) is 15.7. The summed E-state index contributed by atoms with van der Waals surface area (Å²) in [6, 6.07) is 0. The molecule has 0 aliphatic heterocycles. The van der Waals surface area contributed by atoms with Gasteiger partial charge >= 0.3 is 0 Å². The number of rotatable bonds is 16. The molecule has 0 aromatic carbocycles. The van der Waals surface area contributed by atoms with Gasteiger partial charge in [0.1, 0.15) is 5.69 Å². The summed E-state index contributed by atoms with van der Waals surface area (Å²) in [7, 11) is 2.16. The van der Waals surface area contributed by atoms with Crippen molar-refractivity contribution < 1.29 is 4.79 Å². The molecule has 2 aliphatic carbocycles. The van der Waals surface area contributed by atoms with Gasteiger partial charge in [0.05, 0.1) is 5.70 Å². The number of nitrogens with zero attached hydrogens (tertiary/aromatic N) is 3. The van der Waals surface area contributed by atoms with Crippen LogP contribution in [0.2, 0.25) is 0 Å². The lowest BCUT2D eigenvalue weighted by Crippen LogP contribution is -2.32. The van der Waals surface area contributed by atoms with Crippen molar-refractivity contribution in [1.82, 2.24) is 20.0 Å². The smallest absolute Gasteiger partial charge is 0.214 e. The van der Waals surface area contributed by atoms with E-state index in [2.05, 4.69) is 81.1 Å². The van der Waals surface area contributed by atoms with Crippen molar-refractivity contribution in [1.29, 1.82) is 0 Å². The van der Waals surface area contributed by atoms with Crippen LogP contribution in [0, 0.1) is 11.3 Å². The highest BCUT2D eigenvalue weighted by Gasteiger charge is 2.29. The van der Waals surface area contributed by atoms with Gasteiger partial charge in [-0.3, -0.25) is 9.89 Å². The van der Waals surface area contributed by atoms with Gasteiger partial charge in [-0.05, 0) is 93.3 Å². The second-order valence-corrected chi connectivity index (χ2v) is 13.1. The number of nitrogens with one attached hydrogen (secondary N) is 1. The third-order valence-corrected chi connectivity index (χ3v) is 8.73. The van der Waals surface area contributed by atoms with Crippen molar-refractivity contribution in [2.24, 2.45) is 17.1 Å². The van der Waals surface area contributed by atoms with Gasteiger partial charge in [-0.25, -0.2) is 0 Å². The highest BCUT2D eigenvalue weighted by molar-refractivity contribution is 5.67. The minimum atomic E-state index is 0.299. The van der Waals surface area contributed by atoms with Crippen LogP contribution in [0.25, 0.3) is 5.70 Å². The summed E-state index contributed by atoms with van der Waals surface area (Å²) in [5.41, 5.74) is 14.2. The van der Waals surface area contributed by atoms with Crippen molar-refractivity contribution in [3.05, 3.63) is 58.1 Å². The number of hydrogen-bond donors (Lipinski definition) is 2. The monoisotopic (exact) mass is 549 g/mol. The molecule has 3 N–H and O–H groups in total. The highest BCUT2D eigenvalue weighted by atomic mass is 16.1. The molecule has 40 heavy (non-hydrogen) atoms. The lowest BCUT2D eigenvalue weighted by atomic mass is 9.76. The second-order valence-electron chi connectivity index (χ2n) is 13.1. The van der Waals surface area contributed by atoms with Crippen LogP contribution in [0.4, 0.5) is 0 Å². The molecule has 2 aliphatic rings. The van der Waals surface area contributed by atoms with Crippen molar-refractivity contribution in [2.75, 3.05) is 26.7 Å². The van der Waals surface area contributed by atoms with Gasteiger partial charge in [0.15, 0.2) is 0 Å². The second kappa shape index (κ2) is 15.4. The zero-order chi connectivity index (χ0) is 29.1. The summed E-state index contributed by atoms with van der Waals surface area (Å²) in [4.78, 5) is 16.2. The third-order valence-electron chi connectivity index (χ3n) is 8.73. The molecule has 0 spiro atoms. The topological polar surface area (TPSA) is 78.2 Å². The molecular weight excluding hydrogens is 494 g/mol. The van der Waals surface area contributed by atoms with Crippen LogP contribution in [0.1, 0.15) is 109 Å². The summed E-state index contributed by atoms with van der Waals surface area (Å²) < 4.78 is 0.